The molecule has 1 fully saturated rings. The van der Waals surface area contributed by atoms with E-state index in [1.54, 1.807) is 19.5 Å². The van der Waals surface area contributed by atoms with Crippen LogP contribution in [0, 0.1) is 0 Å². The summed E-state index contributed by atoms with van der Waals surface area (Å²) in [6.07, 6.45) is 6.98. The van der Waals surface area contributed by atoms with E-state index in [0.717, 1.165) is 36.8 Å². The summed E-state index contributed by atoms with van der Waals surface area (Å²) in [5.41, 5.74) is 7.48. The lowest BCUT2D eigenvalue weighted by atomic mass is 9.97. The van der Waals surface area contributed by atoms with Crippen LogP contribution in [0.5, 0.6) is 11.5 Å². The van der Waals surface area contributed by atoms with E-state index in [2.05, 4.69) is 10.3 Å². The molecular formula is C21H29Cl2N3O3. The van der Waals surface area contributed by atoms with Gasteiger partial charge in [0.05, 0.1) is 18.7 Å². The van der Waals surface area contributed by atoms with Crippen molar-refractivity contribution in [1.82, 2.24) is 10.3 Å². The Morgan fingerprint density at radius 1 is 1.17 bits per heavy atom. The number of carbonyl (C=O) groups is 1. The van der Waals surface area contributed by atoms with E-state index in [1.165, 1.54) is 0 Å². The van der Waals surface area contributed by atoms with Crippen molar-refractivity contribution in [3.05, 3.63) is 53.9 Å². The summed E-state index contributed by atoms with van der Waals surface area (Å²) in [6, 6.07) is 9.35. The van der Waals surface area contributed by atoms with Crippen molar-refractivity contribution >= 4 is 30.7 Å². The fourth-order valence-electron chi connectivity index (χ4n) is 3.37. The fraction of sp³-hybridized carbons (Fsp3) is 0.429. The van der Waals surface area contributed by atoms with Crippen LogP contribution < -0.4 is 20.5 Å². The van der Waals surface area contributed by atoms with Gasteiger partial charge in [-0.15, -0.1) is 24.8 Å². The first kappa shape index (κ1) is 25.0. The van der Waals surface area contributed by atoms with Crippen molar-refractivity contribution < 1.29 is 14.3 Å². The molecule has 29 heavy (non-hydrogen) atoms. The number of methoxy groups -OCH3 is 1. The molecule has 0 radical (unpaired) electrons. The molecule has 0 spiro atoms. The van der Waals surface area contributed by atoms with Crippen LogP contribution in [0.25, 0.3) is 0 Å². The van der Waals surface area contributed by atoms with E-state index in [0.29, 0.717) is 18.1 Å². The molecule has 2 aromatic rings. The van der Waals surface area contributed by atoms with E-state index in [1.807, 2.05) is 37.3 Å². The maximum absolute atomic E-state index is 12.5. The number of nitrogens with one attached hydrogen (secondary N) is 1. The van der Waals surface area contributed by atoms with E-state index < -0.39 is 5.54 Å². The number of carbonyl (C=O) groups excluding carboxylic acids is 1. The molecule has 1 unspecified atom stereocenters. The van der Waals surface area contributed by atoms with E-state index in [-0.39, 0.29) is 36.8 Å². The Kier molecular flexibility index (Phi) is 9.70. The summed E-state index contributed by atoms with van der Waals surface area (Å²) in [4.78, 5) is 16.5. The average Bonchev–Trinajstić information content (AvgIpc) is 3.15. The van der Waals surface area contributed by atoms with Gasteiger partial charge in [0.2, 0.25) is 5.91 Å². The molecule has 1 amide bonds. The Morgan fingerprint density at radius 3 is 2.45 bits per heavy atom. The minimum atomic E-state index is -0.730. The minimum Gasteiger partial charge on any atom is -0.493 e. The number of benzene rings is 1. The summed E-state index contributed by atoms with van der Waals surface area (Å²) in [6.45, 7) is 2.38. The number of amides is 1. The number of nitrogens with two attached hydrogens (primary N) is 1. The third-order valence-corrected chi connectivity index (χ3v) is 5.13. The quantitative estimate of drug-likeness (QED) is 0.678. The molecule has 1 atom stereocenters. The van der Waals surface area contributed by atoms with Gasteiger partial charge in [-0.2, -0.15) is 0 Å². The Balaban J connectivity index is 0.00000210. The second-order valence-electron chi connectivity index (χ2n) is 7.11. The molecule has 0 aliphatic heterocycles. The maximum Gasteiger partial charge on any atom is 0.240 e. The predicted octanol–water partition coefficient (Wildman–Crippen LogP) is 3.96. The third kappa shape index (κ3) is 6.23. The van der Waals surface area contributed by atoms with Crippen LogP contribution in [0.4, 0.5) is 0 Å². The van der Waals surface area contributed by atoms with Gasteiger partial charge in [-0.3, -0.25) is 9.78 Å². The molecule has 0 saturated heterocycles. The second-order valence-corrected chi connectivity index (χ2v) is 7.11. The lowest BCUT2D eigenvalue weighted by Crippen LogP contribution is -2.52. The lowest BCUT2D eigenvalue weighted by molar-refractivity contribution is -0.126. The normalized spacial score (nSPS) is 15.4. The van der Waals surface area contributed by atoms with Crippen LogP contribution in [-0.4, -0.2) is 23.5 Å². The van der Waals surface area contributed by atoms with Gasteiger partial charge in [-0.1, -0.05) is 18.9 Å². The number of nitrogens with zero attached hydrogens (tertiary/aromatic N) is 1. The van der Waals surface area contributed by atoms with Crippen LogP contribution in [0.1, 0.15) is 49.8 Å². The molecule has 3 rings (SSSR count). The van der Waals surface area contributed by atoms with Crippen molar-refractivity contribution in [3.8, 4) is 11.5 Å². The highest BCUT2D eigenvalue weighted by Gasteiger charge is 2.37. The van der Waals surface area contributed by atoms with Crippen LogP contribution in [0.3, 0.4) is 0 Å². The summed E-state index contributed by atoms with van der Waals surface area (Å²) in [5.74, 6) is 1.21. The first-order valence-corrected chi connectivity index (χ1v) is 9.31. The maximum atomic E-state index is 12.5. The number of ether oxygens (including phenoxy) is 2. The number of halogens is 2. The Bertz CT molecular complexity index is 784. The van der Waals surface area contributed by atoms with Crippen LogP contribution in [-0.2, 0) is 11.4 Å². The summed E-state index contributed by atoms with van der Waals surface area (Å²) in [7, 11) is 1.61. The molecule has 3 N–H and O–H groups in total. The van der Waals surface area contributed by atoms with Gasteiger partial charge in [-0.25, -0.2) is 0 Å². The van der Waals surface area contributed by atoms with Gasteiger partial charge >= 0.3 is 0 Å². The molecule has 1 aliphatic rings. The molecule has 1 aromatic carbocycles. The molecule has 1 aromatic heterocycles. The van der Waals surface area contributed by atoms with Crippen LogP contribution in [0.2, 0.25) is 0 Å². The van der Waals surface area contributed by atoms with Gasteiger partial charge in [0.25, 0.3) is 0 Å². The molecule has 160 valence electrons. The molecule has 6 nitrogen and oxygen atoms in total. The fourth-order valence-corrected chi connectivity index (χ4v) is 3.37. The standard InChI is InChI=1S/C21H27N3O3.2ClH/c1-15(24-20(25)21(22)9-3-4-10-21)17-5-6-18(19(13-17)26-2)27-14-16-7-11-23-12-8-16;;/h5-8,11-13,15H,3-4,9-10,14,22H2,1-2H3,(H,24,25);2*1H. The minimum absolute atomic E-state index is 0. The molecular weight excluding hydrogens is 413 g/mol. The van der Waals surface area contributed by atoms with E-state index in [4.69, 9.17) is 15.2 Å². The Labute approximate surface area is 184 Å². The van der Waals surface area contributed by atoms with Gasteiger partial charge in [0.1, 0.15) is 6.61 Å². The summed E-state index contributed by atoms with van der Waals surface area (Å²) < 4.78 is 11.3. The lowest BCUT2D eigenvalue weighted by Gasteiger charge is -2.25. The zero-order valence-electron chi connectivity index (χ0n) is 16.7. The monoisotopic (exact) mass is 441 g/mol. The van der Waals surface area contributed by atoms with Gasteiger partial charge in [0, 0.05) is 12.4 Å². The number of hydrogen-bond donors (Lipinski definition) is 2. The number of rotatable bonds is 7. The van der Waals surface area contributed by atoms with E-state index >= 15 is 0 Å². The largest absolute Gasteiger partial charge is 0.493 e. The highest BCUT2D eigenvalue weighted by Crippen LogP contribution is 2.32. The highest BCUT2D eigenvalue weighted by atomic mass is 35.5. The van der Waals surface area contributed by atoms with Gasteiger partial charge < -0.3 is 20.5 Å². The molecule has 1 aliphatic carbocycles. The molecule has 8 heteroatoms. The van der Waals surface area contributed by atoms with Gasteiger partial charge in [0.15, 0.2) is 11.5 Å². The van der Waals surface area contributed by atoms with Crippen molar-refractivity contribution in [3.63, 3.8) is 0 Å². The zero-order valence-corrected chi connectivity index (χ0v) is 18.4. The summed E-state index contributed by atoms with van der Waals surface area (Å²) >= 11 is 0. The number of aromatic nitrogens is 1. The topological polar surface area (TPSA) is 86.5 Å². The van der Waals surface area contributed by atoms with Gasteiger partial charge in [-0.05, 0) is 55.2 Å². The van der Waals surface area contributed by atoms with E-state index in [9.17, 15) is 4.79 Å². The smallest absolute Gasteiger partial charge is 0.240 e. The van der Waals surface area contributed by atoms with Crippen molar-refractivity contribution in [2.45, 2.75) is 50.8 Å². The predicted molar refractivity (Wildman–Crippen MR) is 118 cm³/mol. The van der Waals surface area contributed by atoms with Crippen molar-refractivity contribution in [2.24, 2.45) is 5.73 Å². The first-order valence-electron chi connectivity index (χ1n) is 9.31. The Morgan fingerprint density at radius 2 is 1.83 bits per heavy atom. The zero-order chi connectivity index (χ0) is 19.3. The van der Waals surface area contributed by atoms with Crippen LogP contribution in [0.15, 0.2) is 42.7 Å². The first-order chi connectivity index (χ1) is 13.0. The highest BCUT2D eigenvalue weighted by molar-refractivity contribution is 5.86. The van der Waals surface area contributed by atoms with Crippen LogP contribution >= 0.6 is 24.8 Å². The molecule has 1 saturated carbocycles. The molecule has 1 heterocycles. The van der Waals surface area contributed by atoms with Crippen molar-refractivity contribution in [1.29, 1.82) is 0 Å². The SMILES string of the molecule is COc1cc(C(C)NC(=O)C2(N)CCCC2)ccc1OCc1ccncc1.Cl.Cl. The number of pyridine rings is 1. The van der Waals surface area contributed by atoms with Crippen molar-refractivity contribution in [2.75, 3.05) is 7.11 Å². The number of hydrogen-bond acceptors (Lipinski definition) is 5. The Hall–Kier alpha value is -2.02. The average molecular weight is 442 g/mol. The molecule has 0 bridgehead atoms. The summed E-state index contributed by atoms with van der Waals surface area (Å²) in [5, 5.41) is 3.04. The second kappa shape index (κ2) is 11.2. The third-order valence-electron chi connectivity index (χ3n) is 5.13.